The minimum absolute atomic E-state index is 0.0206. The number of hydrogen-bond donors (Lipinski definition) is 2. The fourth-order valence-electron chi connectivity index (χ4n) is 1.74. The molecule has 6 nitrogen and oxygen atoms in total. The number of carbonyl (C=O) groups excluding carboxylic acids is 2. The molecule has 6 heteroatoms. The van der Waals surface area contributed by atoms with Crippen LogP contribution in [0.3, 0.4) is 0 Å². The number of amides is 2. The quantitative estimate of drug-likeness (QED) is 0.740. The van der Waals surface area contributed by atoms with E-state index < -0.39 is 6.04 Å². The van der Waals surface area contributed by atoms with E-state index in [0.29, 0.717) is 23.6 Å². The Morgan fingerprint density at radius 3 is 2.10 bits per heavy atom. The molecule has 0 bridgehead atoms. The molecule has 0 heterocycles. The maximum Gasteiger partial charge on any atom is 0.247 e. The monoisotopic (exact) mass is 280 g/mol. The second-order valence-corrected chi connectivity index (χ2v) is 4.60. The molecular weight excluding hydrogens is 260 g/mol. The Hall–Kier alpha value is -2.24. The predicted octanol–water partition coefficient (Wildman–Crippen LogP) is 1.41. The molecule has 0 fully saturated rings. The number of benzene rings is 1. The van der Waals surface area contributed by atoms with Gasteiger partial charge in [-0.15, -0.1) is 0 Å². The van der Waals surface area contributed by atoms with E-state index in [1.165, 1.54) is 14.2 Å². The molecule has 0 aliphatic heterocycles. The van der Waals surface area contributed by atoms with Crippen molar-refractivity contribution in [3.8, 4) is 11.5 Å². The van der Waals surface area contributed by atoms with E-state index in [2.05, 4.69) is 10.6 Å². The van der Waals surface area contributed by atoms with Crippen LogP contribution < -0.4 is 20.1 Å². The van der Waals surface area contributed by atoms with Gasteiger partial charge in [-0.25, -0.2) is 0 Å². The molecule has 0 unspecified atom stereocenters. The lowest BCUT2D eigenvalue weighted by atomic mass is 10.0. The van der Waals surface area contributed by atoms with Gasteiger partial charge in [0.25, 0.3) is 0 Å². The van der Waals surface area contributed by atoms with Gasteiger partial charge < -0.3 is 20.1 Å². The van der Waals surface area contributed by atoms with Gasteiger partial charge in [-0.05, 0) is 5.92 Å². The molecule has 0 saturated carbocycles. The summed E-state index contributed by atoms with van der Waals surface area (Å²) >= 11 is 0. The minimum atomic E-state index is -0.593. The van der Waals surface area contributed by atoms with Gasteiger partial charge in [0.05, 0.1) is 14.2 Å². The lowest BCUT2D eigenvalue weighted by molar-refractivity contribution is -0.122. The molecule has 2 amide bonds. The molecule has 110 valence electrons. The van der Waals surface area contributed by atoms with Crippen LogP contribution in [-0.4, -0.2) is 32.6 Å². The topological polar surface area (TPSA) is 76.7 Å². The summed E-state index contributed by atoms with van der Waals surface area (Å²) in [5.41, 5.74) is 0.546. The Kier molecular flexibility index (Phi) is 5.83. The van der Waals surface area contributed by atoms with E-state index in [4.69, 9.17) is 9.47 Å². The molecule has 1 atom stereocenters. The van der Waals surface area contributed by atoms with Gasteiger partial charge in [0.2, 0.25) is 12.3 Å². The smallest absolute Gasteiger partial charge is 0.247 e. The third-order valence-corrected chi connectivity index (χ3v) is 2.82. The van der Waals surface area contributed by atoms with E-state index in [1.807, 2.05) is 13.8 Å². The van der Waals surface area contributed by atoms with Crippen LogP contribution >= 0.6 is 0 Å². The lowest BCUT2D eigenvalue weighted by Crippen LogP contribution is -2.43. The van der Waals surface area contributed by atoms with Crippen molar-refractivity contribution < 1.29 is 19.1 Å². The van der Waals surface area contributed by atoms with Crippen molar-refractivity contribution in [2.24, 2.45) is 5.92 Å². The van der Waals surface area contributed by atoms with Gasteiger partial charge in [0.1, 0.15) is 17.5 Å². The second kappa shape index (κ2) is 7.37. The highest BCUT2D eigenvalue weighted by Crippen LogP contribution is 2.26. The number of methoxy groups -OCH3 is 2. The average molecular weight is 280 g/mol. The molecule has 0 radical (unpaired) electrons. The Bertz CT molecular complexity index is 452. The molecule has 1 aromatic carbocycles. The van der Waals surface area contributed by atoms with Crippen molar-refractivity contribution in [2.45, 2.75) is 19.9 Å². The Morgan fingerprint density at radius 2 is 1.70 bits per heavy atom. The van der Waals surface area contributed by atoms with Crippen molar-refractivity contribution in [3.63, 3.8) is 0 Å². The van der Waals surface area contributed by atoms with Crippen LogP contribution in [0.4, 0.5) is 5.69 Å². The maximum absolute atomic E-state index is 12.1. The Morgan fingerprint density at radius 1 is 1.15 bits per heavy atom. The summed E-state index contributed by atoms with van der Waals surface area (Å²) in [7, 11) is 3.07. The zero-order valence-corrected chi connectivity index (χ0v) is 12.1. The molecule has 0 aromatic heterocycles. The summed E-state index contributed by atoms with van der Waals surface area (Å²) in [5, 5.41) is 5.24. The van der Waals surface area contributed by atoms with Gasteiger partial charge in [-0.3, -0.25) is 9.59 Å². The number of anilines is 1. The Balaban J connectivity index is 2.90. The highest BCUT2D eigenvalue weighted by atomic mass is 16.5. The van der Waals surface area contributed by atoms with Crippen LogP contribution in [-0.2, 0) is 9.59 Å². The predicted molar refractivity (Wildman–Crippen MR) is 76.0 cm³/mol. The van der Waals surface area contributed by atoms with Gasteiger partial charge in [-0.1, -0.05) is 13.8 Å². The van der Waals surface area contributed by atoms with Crippen LogP contribution in [0.1, 0.15) is 13.8 Å². The maximum atomic E-state index is 12.1. The SMILES string of the molecule is COc1cc(NC(=O)[C@@H](NC=O)C(C)C)cc(OC)c1. The van der Waals surface area contributed by atoms with Crippen LogP contribution in [0.15, 0.2) is 18.2 Å². The molecule has 0 aliphatic rings. The summed E-state index contributed by atoms with van der Waals surface area (Å²) in [4.78, 5) is 22.7. The van der Waals surface area contributed by atoms with Crippen LogP contribution in [0.2, 0.25) is 0 Å². The van der Waals surface area contributed by atoms with E-state index in [0.717, 1.165) is 0 Å². The molecule has 0 saturated heterocycles. The zero-order valence-electron chi connectivity index (χ0n) is 12.1. The molecule has 1 aromatic rings. The summed E-state index contributed by atoms with van der Waals surface area (Å²) in [6.45, 7) is 3.71. The summed E-state index contributed by atoms with van der Waals surface area (Å²) in [5.74, 6) is 0.836. The first-order valence-electron chi connectivity index (χ1n) is 6.25. The molecular formula is C14H20N2O4. The van der Waals surface area contributed by atoms with Gasteiger partial charge >= 0.3 is 0 Å². The minimum Gasteiger partial charge on any atom is -0.497 e. The van der Waals surface area contributed by atoms with Crippen LogP contribution in [0, 0.1) is 5.92 Å². The lowest BCUT2D eigenvalue weighted by Gasteiger charge is -2.19. The van der Waals surface area contributed by atoms with Gasteiger partial charge in [-0.2, -0.15) is 0 Å². The van der Waals surface area contributed by atoms with Crippen molar-refractivity contribution in [1.82, 2.24) is 5.32 Å². The number of nitrogens with one attached hydrogen (secondary N) is 2. The highest BCUT2D eigenvalue weighted by Gasteiger charge is 2.21. The largest absolute Gasteiger partial charge is 0.497 e. The fourth-order valence-corrected chi connectivity index (χ4v) is 1.74. The summed E-state index contributed by atoms with van der Waals surface area (Å²) in [6, 6.07) is 4.47. The third-order valence-electron chi connectivity index (χ3n) is 2.82. The standard InChI is InChI=1S/C14H20N2O4/c1-9(2)13(15-8-17)14(18)16-10-5-11(19-3)7-12(6-10)20-4/h5-9,13H,1-4H3,(H,15,17)(H,16,18)/t13-/m0/s1. The van der Waals surface area contributed by atoms with Crippen LogP contribution in [0.25, 0.3) is 0 Å². The van der Waals surface area contributed by atoms with E-state index in [-0.39, 0.29) is 11.8 Å². The molecule has 20 heavy (non-hydrogen) atoms. The van der Waals surface area contributed by atoms with Crippen molar-refractivity contribution >= 4 is 18.0 Å². The first kappa shape index (κ1) is 15.8. The van der Waals surface area contributed by atoms with Crippen molar-refractivity contribution in [1.29, 1.82) is 0 Å². The average Bonchev–Trinajstić information content (AvgIpc) is 2.43. The summed E-state index contributed by atoms with van der Waals surface area (Å²) in [6.07, 6.45) is 0.524. The van der Waals surface area contributed by atoms with E-state index in [9.17, 15) is 9.59 Å². The zero-order chi connectivity index (χ0) is 15.1. The number of hydrogen-bond acceptors (Lipinski definition) is 4. The Labute approximate surface area is 118 Å². The van der Waals surface area contributed by atoms with E-state index in [1.54, 1.807) is 18.2 Å². The highest BCUT2D eigenvalue weighted by molar-refractivity contribution is 5.96. The fraction of sp³-hybridized carbons (Fsp3) is 0.429. The van der Waals surface area contributed by atoms with Crippen molar-refractivity contribution in [3.05, 3.63) is 18.2 Å². The number of carbonyl (C=O) groups is 2. The van der Waals surface area contributed by atoms with Gasteiger partial charge in [0, 0.05) is 23.9 Å². The second-order valence-electron chi connectivity index (χ2n) is 4.60. The first-order valence-corrected chi connectivity index (χ1v) is 6.25. The number of rotatable bonds is 7. The summed E-state index contributed by atoms with van der Waals surface area (Å²) < 4.78 is 10.3. The molecule has 2 N–H and O–H groups in total. The normalized spacial score (nSPS) is 11.7. The van der Waals surface area contributed by atoms with Crippen molar-refractivity contribution in [2.75, 3.05) is 19.5 Å². The molecule has 1 rings (SSSR count). The molecule has 0 spiro atoms. The van der Waals surface area contributed by atoms with Gasteiger partial charge in [0.15, 0.2) is 0 Å². The number of ether oxygens (including phenoxy) is 2. The first-order chi connectivity index (χ1) is 9.51. The third kappa shape index (κ3) is 4.15. The van der Waals surface area contributed by atoms with Crippen LogP contribution in [0.5, 0.6) is 11.5 Å². The molecule has 0 aliphatic carbocycles. The van der Waals surface area contributed by atoms with E-state index >= 15 is 0 Å².